The van der Waals surface area contributed by atoms with Crippen molar-refractivity contribution in [2.45, 2.75) is 32.1 Å². The van der Waals surface area contributed by atoms with Crippen LogP contribution >= 0.6 is 0 Å². The Balaban J connectivity index is 2.37. The van der Waals surface area contributed by atoms with E-state index in [1.54, 1.807) is 7.11 Å². The van der Waals surface area contributed by atoms with E-state index in [4.69, 9.17) is 19.9 Å². The molecule has 0 bridgehead atoms. The quantitative estimate of drug-likeness (QED) is 0.454. The fourth-order valence-corrected chi connectivity index (χ4v) is 2.32. The molecular formula is C14H27NO4. The highest BCUT2D eigenvalue weighted by Gasteiger charge is 2.42. The van der Waals surface area contributed by atoms with Crippen LogP contribution in [-0.2, 0) is 19.0 Å². The molecule has 0 heterocycles. The van der Waals surface area contributed by atoms with Crippen molar-refractivity contribution in [2.24, 2.45) is 17.1 Å². The summed E-state index contributed by atoms with van der Waals surface area (Å²) in [5, 5.41) is 0. The zero-order chi connectivity index (χ0) is 14.1. The van der Waals surface area contributed by atoms with Gasteiger partial charge in [-0.15, -0.1) is 0 Å². The molecule has 1 saturated carbocycles. The van der Waals surface area contributed by atoms with E-state index in [1.165, 1.54) is 20.0 Å². The van der Waals surface area contributed by atoms with Crippen molar-refractivity contribution in [1.29, 1.82) is 0 Å². The van der Waals surface area contributed by atoms with Gasteiger partial charge >= 0.3 is 5.97 Å². The van der Waals surface area contributed by atoms with Crippen molar-refractivity contribution in [2.75, 3.05) is 40.6 Å². The third-order valence-corrected chi connectivity index (χ3v) is 3.75. The van der Waals surface area contributed by atoms with Gasteiger partial charge in [-0.1, -0.05) is 12.8 Å². The van der Waals surface area contributed by atoms with Crippen molar-refractivity contribution < 1.29 is 19.0 Å². The first-order valence-electron chi connectivity index (χ1n) is 7.03. The highest BCUT2D eigenvalue weighted by atomic mass is 16.5. The zero-order valence-electron chi connectivity index (χ0n) is 12.2. The van der Waals surface area contributed by atoms with Gasteiger partial charge in [-0.05, 0) is 25.2 Å². The van der Waals surface area contributed by atoms with Crippen molar-refractivity contribution in [3.8, 4) is 0 Å². The molecule has 112 valence electrons. The first kappa shape index (κ1) is 16.4. The van der Waals surface area contributed by atoms with Gasteiger partial charge in [0.25, 0.3) is 0 Å². The number of methoxy groups -OCH3 is 2. The number of hydrogen-bond acceptors (Lipinski definition) is 5. The average molecular weight is 273 g/mol. The summed E-state index contributed by atoms with van der Waals surface area (Å²) in [4.78, 5) is 12.0. The summed E-state index contributed by atoms with van der Waals surface area (Å²) in [7, 11) is 3.10. The topological polar surface area (TPSA) is 70.8 Å². The summed E-state index contributed by atoms with van der Waals surface area (Å²) in [6.07, 6.45) is 4.74. The maximum absolute atomic E-state index is 12.0. The third-order valence-electron chi connectivity index (χ3n) is 3.75. The lowest BCUT2D eigenvalue weighted by Gasteiger charge is -2.29. The highest BCUT2D eigenvalue weighted by Crippen LogP contribution is 2.42. The SMILES string of the molecule is COCCCOCCC(CN)(CC1CC1)C(=O)OC. The molecule has 1 aliphatic rings. The van der Waals surface area contributed by atoms with Crippen LogP contribution in [0, 0.1) is 11.3 Å². The second-order valence-electron chi connectivity index (χ2n) is 5.33. The Morgan fingerprint density at radius 3 is 2.53 bits per heavy atom. The van der Waals surface area contributed by atoms with Crippen LogP contribution in [0.1, 0.15) is 32.1 Å². The highest BCUT2D eigenvalue weighted by molar-refractivity contribution is 5.77. The molecule has 0 aromatic carbocycles. The lowest BCUT2D eigenvalue weighted by Crippen LogP contribution is -2.41. The zero-order valence-corrected chi connectivity index (χ0v) is 12.2. The molecule has 5 heteroatoms. The number of hydrogen-bond donors (Lipinski definition) is 1. The minimum Gasteiger partial charge on any atom is -0.469 e. The van der Waals surface area contributed by atoms with Gasteiger partial charge in [0.05, 0.1) is 12.5 Å². The molecule has 0 saturated heterocycles. The van der Waals surface area contributed by atoms with Crippen LogP contribution in [0.5, 0.6) is 0 Å². The molecule has 0 aromatic heterocycles. The van der Waals surface area contributed by atoms with E-state index in [9.17, 15) is 4.79 Å². The molecule has 1 rings (SSSR count). The summed E-state index contributed by atoms with van der Waals surface area (Å²) < 4.78 is 15.4. The van der Waals surface area contributed by atoms with Crippen molar-refractivity contribution in [3.63, 3.8) is 0 Å². The Hall–Kier alpha value is -0.650. The predicted molar refractivity (Wildman–Crippen MR) is 72.8 cm³/mol. The van der Waals surface area contributed by atoms with E-state index < -0.39 is 5.41 Å². The van der Waals surface area contributed by atoms with Gasteiger partial charge in [0.2, 0.25) is 0 Å². The molecule has 0 spiro atoms. The number of ether oxygens (including phenoxy) is 3. The monoisotopic (exact) mass is 273 g/mol. The summed E-state index contributed by atoms with van der Waals surface area (Å²) in [5.41, 5.74) is 5.29. The standard InChI is InChI=1S/C14H27NO4/c1-17-7-3-8-19-9-6-14(11-15,13(16)18-2)10-12-4-5-12/h12H,3-11,15H2,1-2H3. The molecule has 1 fully saturated rings. The average Bonchev–Trinajstić information content (AvgIpc) is 3.24. The Bertz CT molecular complexity index is 268. The smallest absolute Gasteiger partial charge is 0.313 e. The van der Waals surface area contributed by atoms with E-state index in [-0.39, 0.29) is 5.97 Å². The Morgan fingerprint density at radius 2 is 2.00 bits per heavy atom. The Labute approximate surface area is 115 Å². The second kappa shape index (κ2) is 8.51. The first-order chi connectivity index (χ1) is 9.18. The lowest BCUT2D eigenvalue weighted by atomic mass is 9.79. The van der Waals surface area contributed by atoms with Gasteiger partial charge in [0.15, 0.2) is 0 Å². The third kappa shape index (κ3) is 5.47. The maximum atomic E-state index is 12.0. The molecule has 0 aliphatic heterocycles. The van der Waals surface area contributed by atoms with Crippen LogP contribution in [0.15, 0.2) is 0 Å². The minimum absolute atomic E-state index is 0.192. The summed E-state index contributed by atoms with van der Waals surface area (Å²) in [6.45, 7) is 2.22. The van der Waals surface area contributed by atoms with Crippen LogP contribution < -0.4 is 5.73 Å². The van der Waals surface area contributed by atoms with Crippen LogP contribution in [0.2, 0.25) is 0 Å². The van der Waals surface area contributed by atoms with Gasteiger partial charge in [-0.3, -0.25) is 4.79 Å². The van der Waals surface area contributed by atoms with Gasteiger partial charge in [-0.25, -0.2) is 0 Å². The van der Waals surface area contributed by atoms with E-state index in [0.29, 0.717) is 38.7 Å². The van der Waals surface area contributed by atoms with Crippen LogP contribution in [0.4, 0.5) is 0 Å². The van der Waals surface area contributed by atoms with Gasteiger partial charge in [-0.2, -0.15) is 0 Å². The lowest BCUT2D eigenvalue weighted by molar-refractivity contribution is -0.154. The number of carbonyl (C=O) groups excluding carboxylic acids is 1. The summed E-state index contributed by atoms with van der Waals surface area (Å²) >= 11 is 0. The molecule has 1 atom stereocenters. The van der Waals surface area contributed by atoms with E-state index >= 15 is 0 Å². The molecule has 2 N–H and O–H groups in total. The first-order valence-corrected chi connectivity index (χ1v) is 7.03. The maximum Gasteiger partial charge on any atom is 0.313 e. The van der Waals surface area contributed by atoms with Crippen LogP contribution in [-0.4, -0.2) is 46.6 Å². The molecular weight excluding hydrogens is 246 g/mol. The van der Waals surface area contributed by atoms with E-state index in [2.05, 4.69) is 0 Å². The normalized spacial score (nSPS) is 18.1. The van der Waals surface area contributed by atoms with Gasteiger partial charge < -0.3 is 19.9 Å². The molecule has 1 aliphatic carbocycles. The molecule has 19 heavy (non-hydrogen) atoms. The van der Waals surface area contributed by atoms with Crippen LogP contribution in [0.25, 0.3) is 0 Å². The minimum atomic E-state index is -0.558. The second-order valence-corrected chi connectivity index (χ2v) is 5.33. The molecule has 0 radical (unpaired) electrons. The molecule has 0 aromatic rings. The predicted octanol–water partition coefficient (Wildman–Crippen LogP) is 1.35. The fourth-order valence-electron chi connectivity index (χ4n) is 2.32. The van der Waals surface area contributed by atoms with Gasteiger partial charge in [0, 0.05) is 33.5 Å². The number of esters is 1. The summed E-state index contributed by atoms with van der Waals surface area (Å²) in [6, 6.07) is 0. The van der Waals surface area contributed by atoms with Crippen molar-refractivity contribution in [3.05, 3.63) is 0 Å². The largest absolute Gasteiger partial charge is 0.469 e. The number of rotatable bonds is 11. The van der Waals surface area contributed by atoms with Crippen LogP contribution in [0.3, 0.4) is 0 Å². The van der Waals surface area contributed by atoms with Crippen molar-refractivity contribution in [1.82, 2.24) is 0 Å². The summed E-state index contributed by atoms with van der Waals surface area (Å²) in [5.74, 6) is 0.443. The number of carbonyl (C=O) groups is 1. The molecule has 5 nitrogen and oxygen atoms in total. The Kier molecular flexibility index (Phi) is 7.34. The Morgan fingerprint density at radius 1 is 1.26 bits per heavy atom. The van der Waals surface area contributed by atoms with Crippen molar-refractivity contribution >= 4 is 5.97 Å². The van der Waals surface area contributed by atoms with E-state index in [0.717, 1.165) is 12.8 Å². The molecule has 0 amide bonds. The van der Waals surface area contributed by atoms with Gasteiger partial charge in [0.1, 0.15) is 0 Å². The van der Waals surface area contributed by atoms with E-state index in [1.807, 2.05) is 0 Å². The number of nitrogens with two attached hydrogens (primary N) is 1. The molecule has 1 unspecified atom stereocenters. The fraction of sp³-hybridized carbons (Fsp3) is 0.929.